The Bertz CT molecular complexity index is 566. The van der Waals surface area contributed by atoms with Crippen LogP contribution in [0.5, 0.6) is 0 Å². The Morgan fingerprint density at radius 1 is 1.22 bits per heavy atom. The van der Waals surface area contributed by atoms with Gasteiger partial charge >= 0.3 is 6.18 Å². The second-order valence-electron chi connectivity index (χ2n) is 6.44. The molecule has 7 heteroatoms. The van der Waals surface area contributed by atoms with Gasteiger partial charge in [0, 0.05) is 25.2 Å². The average molecular weight is 334 g/mol. The van der Waals surface area contributed by atoms with E-state index >= 15 is 0 Å². The molecular weight excluding hydrogens is 315 g/mol. The molecule has 1 saturated carbocycles. The van der Waals surface area contributed by atoms with Crippen LogP contribution in [0.4, 0.5) is 27.6 Å². The summed E-state index contributed by atoms with van der Waals surface area (Å²) in [6.07, 6.45) is -2.45. The van der Waals surface area contributed by atoms with Crippen molar-refractivity contribution < 1.29 is 22.0 Å². The smallest absolute Gasteiger partial charge is 0.365 e. The first kappa shape index (κ1) is 16.5. The Labute approximate surface area is 131 Å². The van der Waals surface area contributed by atoms with Crippen LogP contribution in [0.3, 0.4) is 0 Å². The largest absolute Gasteiger partial charge is 0.416 e. The van der Waals surface area contributed by atoms with Gasteiger partial charge in [0.1, 0.15) is 0 Å². The van der Waals surface area contributed by atoms with Crippen LogP contribution in [0.2, 0.25) is 0 Å². The van der Waals surface area contributed by atoms with Crippen molar-refractivity contribution in [3.05, 3.63) is 29.3 Å². The van der Waals surface area contributed by atoms with E-state index in [0.717, 1.165) is 18.7 Å². The van der Waals surface area contributed by atoms with Gasteiger partial charge in [-0.15, -0.1) is 0 Å². The molecule has 2 fully saturated rings. The molecule has 1 aliphatic carbocycles. The van der Waals surface area contributed by atoms with Crippen LogP contribution >= 0.6 is 0 Å². The lowest BCUT2D eigenvalue weighted by atomic mass is 10.1. The molecule has 23 heavy (non-hydrogen) atoms. The highest BCUT2D eigenvalue weighted by Gasteiger charge is 2.40. The maximum Gasteiger partial charge on any atom is 0.416 e. The highest BCUT2D eigenvalue weighted by Crippen LogP contribution is 2.37. The Kier molecular flexibility index (Phi) is 4.25. The number of rotatable bonds is 5. The molecule has 1 aromatic rings. The third-order valence-electron chi connectivity index (χ3n) is 4.37. The van der Waals surface area contributed by atoms with Crippen LogP contribution in [0, 0.1) is 5.92 Å². The summed E-state index contributed by atoms with van der Waals surface area (Å²) in [5.41, 5.74) is 0.102. The third-order valence-corrected chi connectivity index (χ3v) is 4.37. The molecule has 0 unspecified atom stereocenters. The minimum absolute atomic E-state index is 0.0733. The van der Waals surface area contributed by atoms with E-state index in [2.05, 4.69) is 5.32 Å². The predicted molar refractivity (Wildman–Crippen MR) is 77.7 cm³/mol. The standard InChI is InChI=1S/C16H19F5N2/c17-15(18)5-6-23(10-15)14-7-13(16(19,20)21)4-3-12(14)9-22-8-11-1-2-11/h3-4,7,11,22H,1-2,5-6,8-10H2. The first-order valence-electron chi connectivity index (χ1n) is 7.78. The van der Waals surface area contributed by atoms with Gasteiger partial charge in [0.05, 0.1) is 12.1 Å². The second-order valence-corrected chi connectivity index (χ2v) is 6.44. The number of hydrogen-bond acceptors (Lipinski definition) is 2. The highest BCUT2D eigenvalue weighted by molar-refractivity contribution is 5.57. The van der Waals surface area contributed by atoms with E-state index in [-0.39, 0.29) is 18.7 Å². The molecule has 1 aromatic carbocycles. The first-order chi connectivity index (χ1) is 10.7. The number of nitrogens with one attached hydrogen (secondary N) is 1. The van der Waals surface area contributed by atoms with Gasteiger partial charge in [0.15, 0.2) is 0 Å². The molecule has 0 bridgehead atoms. The molecule has 128 valence electrons. The maximum atomic E-state index is 13.4. The van der Waals surface area contributed by atoms with E-state index in [1.165, 1.54) is 23.8 Å². The molecule has 1 heterocycles. The van der Waals surface area contributed by atoms with Crippen molar-refractivity contribution >= 4 is 5.69 Å². The molecule has 0 atom stereocenters. The number of alkyl halides is 5. The average Bonchev–Trinajstić information content (AvgIpc) is 3.20. The van der Waals surface area contributed by atoms with Crippen molar-refractivity contribution in [2.75, 3.05) is 24.5 Å². The quantitative estimate of drug-likeness (QED) is 0.817. The van der Waals surface area contributed by atoms with E-state index in [1.54, 1.807) is 0 Å². The van der Waals surface area contributed by atoms with Gasteiger partial charge in [0.25, 0.3) is 5.92 Å². The monoisotopic (exact) mass is 334 g/mol. The zero-order valence-corrected chi connectivity index (χ0v) is 12.6. The molecule has 0 spiro atoms. The minimum Gasteiger partial charge on any atom is -0.365 e. The predicted octanol–water partition coefficient (Wildman–Crippen LogP) is 4.05. The van der Waals surface area contributed by atoms with Crippen LogP contribution in [-0.4, -0.2) is 25.6 Å². The van der Waals surface area contributed by atoms with E-state index in [9.17, 15) is 22.0 Å². The van der Waals surface area contributed by atoms with Crippen molar-refractivity contribution in [3.8, 4) is 0 Å². The van der Waals surface area contributed by atoms with Gasteiger partial charge in [-0.2, -0.15) is 13.2 Å². The Morgan fingerprint density at radius 2 is 1.96 bits per heavy atom. The van der Waals surface area contributed by atoms with Gasteiger partial charge in [0.2, 0.25) is 0 Å². The Morgan fingerprint density at radius 3 is 2.52 bits per heavy atom. The van der Waals surface area contributed by atoms with Gasteiger partial charge in [-0.1, -0.05) is 6.07 Å². The van der Waals surface area contributed by atoms with Gasteiger partial charge in [-0.25, -0.2) is 8.78 Å². The lowest BCUT2D eigenvalue weighted by molar-refractivity contribution is -0.137. The molecule has 2 aliphatic rings. The summed E-state index contributed by atoms with van der Waals surface area (Å²) >= 11 is 0. The fraction of sp³-hybridized carbons (Fsp3) is 0.625. The van der Waals surface area contributed by atoms with E-state index < -0.39 is 24.2 Å². The molecule has 0 amide bonds. The summed E-state index contributed by atoms with van der Waals surface area (Å²) in [6, 6.07) is 3.41. The summed E-state index contributed by atoms with van der Waals surface area (Å²) in [5, 5.41) is 3.21. The van der Waals surface area contributed by atoms with Crippen LogP contribution in [0.25, 0.3) is 0 Å². The summed E-state index contributed by atoms with van der Waals surface area (Å²) in [4.78, 5) is 1.36. The van der Waals surface area contributed by atoms with Crippen LogP contribution in [0.15, 0.2) is 18.2 Å². The van der Waals surface area contributed by atoms with Crippen molar-refractivity contribution in [3.63, 3.8) is 0 Å². The van der Waals surface area contributed by atoms with Crippen LogP contribution < -0.4 is 10.2 Å². The van der Waals surface area contributed by atoms with Crippen molar-refractivity contribution in [2.24, 2.45) is 5.92 Å². The maximum absolute atomic E-state index is 13.4. The first-order valence-corrected chi connectivity index (χ1v) is 7.78. The molecule has 3 rings (SSSR count). The molecular formula is C16H19F5N2. The molecule has 1 saturated heterocycles. The van der Waals surface area contributed by atoms with Gasteiger partial charge < -0.3 is 10.2 Å². The Balaban J connectivity index is 1.81. The molecule has 0 aromatic heterocycles. The van der Waals surface area contributed by atoms with Crippen LogP contribution in [-0.2, 0) is 12.7 Å². The topological polar surface area (TPSA) is 15.3 Å². The lowest BCUT2D eigenvalue weighted by Gasteiger charge is -2.23. The highest BCUT2D eigenvalue weighted by atomic mass is 19.4. The number of anilines is 1. The summed E-state index contributed by atoms with van der Waals surface area (Å²) < 4.78 is 65.6. The zero-order chi connectivity index (χ0) is 16.7. The lowest BCUT2D eigenvalue weighted by Crippen LogP contribution is -2.27. The third kappa shape index (κ3) is 4.13. The fourth-order valence-electron chi connectivity index (χ4n) is 2.86. The zero-order valence-electron chi connectivity index (χ0n) is 12.6. The summed E-state index contributed by atoms with van der Waals surface area (Å²) in [6.45, 7) is 0.760. The van der Waals surface area contributed by atoms with E-state index in [4.69, 9.17) is 0 Å². The van der Waals surface area contributed by atoms with E-state index in [0.29, 0.717) is 18.0 Å². The summed E-state index contributed by atoms with van der Waals surface area (Å²) in [5.74, 6) is -2.20. The number of benzene rings is 1. The molecule has 1 N–H and O–H groups in total. The van der Waals surface area contributed by atoms with Crippen molar-refractivity contribution in [1.29, 1.82) is 0 Å². The SMILES string of the molecule is FC1(F)CCN(c2cc(C(F)(F)F)ccc2CNCC2CC2)C1. The molecule has 0 radical (unpaired) electrons. The minimum atomic E-state index is -4.48. The van der Waals surface area contributed by atoms with Gasteiger partial charge in [-0.3, -0.25) is 0 Å². The van der Waals surface area contributed by atoms with Crippen molar-refractivity contribution in [1.82, 2.24) is 5.32 Å². The summed E-state index contributed by atoms with van der Waals surface area (Å²) in [7, 11) is 0. The fourth-order valence-corrected chi connectivity index (χ4v) is 2.86. The second kappa shape index (κ2) is 5.92. The molecule has 1 aliphatic heterocycles. The van der Waals surface area contributed by atoms with Gasteiger partial charge in [-0.05, 0) is 43.0 Å². The van der Waals surface area contributed by atoms with Crippen molar-refractivity contribution in [2.45, 2.75) is 37.9 Å². The normalized spacial score (nSPS) is 21.0. The number of hydrogen-bond donors (Lipinski definition) is 1. The number of halogens is 5. The molecule has 2 nitrogen and oxygen atoms in total. The Hall–Kier alpha value is -1.37. The van der Waals surface area contributed by atoms with Crippen LogP contribution in [0.1, 0.15) is 30.4 Å². The van der Waals surface area contributed by atoms with E-state index in [1.807, 2.05) is 0 Å². The number of nitrogens with zero attached hydrogens (tertiary/aromatic N) is 1.